The Kier molecular flexibility index (Phi) is 4.85. The van der Waals surface area contributed by atoms with Crippen molar-refractivity contribution in [2.24, 2.45) is 0 Å². The predicted molar refractivity (Wildman–Crippen MR) is 89.6 cm³/mol. The normalized spacial score (nSPS) is 16.4. The summed E-state index contributed by atoms with van der Waals surface area (Å²) in [6, 6.07) is 2.06. The molecule has 6 heteroatoms. The van der Waals surface area contributed by atoms with Crippen LogP contribution in [0.2, 0.25) is 0 Å². The fraction of sp³-hybridized carbons (Fsp3) is 0.600. The average Bonchev–Trinajstić information content (AvgIpc) is 3.12. The van der Waals surface area contributed by atoms with Crippen molar-refractivity contribution in [2.75, 3.05) is 5.73 Å². The second-order valence-corrected chi connectivity index (χ2v) is 7.89. The summed E-state index contributed by atoms with van der Waals surface area (Å²) in [5.74, 6) is 2.17. The Labute approximate surface area is 133 Å². The molecule has 1 aliphatic carbocycles. The molecule has 2 aromatic heterocycles. The lowest BCUT2D eigenvalue weighted by atomic mass is 10.0. The Balaban J connectivity index is 1.63. The maximum absolute atomic E-state index is 6.03. The van der Waals surface area contributed by atoms with Gasteiger partial charge in [-0.25, -0.2) is 0 Å². The van der Waals surface area contributed by atoms with Gasteiger partial charge in [0, 0.05) is 10.1 Å². The molecular formula is C15H21N3OS2. The van der Waals surface area contributed by atoms with Gasteiger partial charge in [0.1, 0.15) is 0 Å². The minimum atomic E-state index is 0.558. The molecule has 114 valence electrons. The van der Waals surface area contributed by atoms with Gasteiger partial charge in [-0.3, -0.25) is 0 Å². The zero-order valence-electron chi connectivity index (χ0n) is 12.3. The number of nitrogen functional groups attached to an aromatic ring is 1. The van der Waals surface area contributed by atoms with Crippen LogP contribution in [0.15, 0.2) is 10.6 Å². The first-order chi connectivity index (χ1) is 10.3. The summed E-state index contributed by atoms with van der Waals surface area (Å²) >= 11 is 3.56. The number of aromatic nitrogens is 2. The van der Waals surface area contributed by atoms with E-state index in [0.717, 1.165) is 33.8 Å². The molecule has 2 aromatic rings. The molecule has 2 heterocycles. The minimum absolute atomic E-state index is 0.558. The highest BCUT2D eigenvalue weighted by atomic mass is 32.2. The Morgan fingerprint density at radius 2 is 2.19 bits per heavy atom. The van der Waals surface area contributed by atoms with Gasteiger partial charge in [0.15, 0.2) is 5.82 Å². The molecule has 0 atom stereocenters. The third kappa shape index (κ3) is 3.61. The van der Waals surface area contributed by atoms with Crippen LogP contribution in [0.3, 0.4) is 0 Å². The minimum Gasteiger partial charge on any atom is -0.390 e. The lowest BCUT2D eigenvalue weighted by Gasteiger charge is -2.19. The Morgan fingerprint density at radius 1 is 1.38 bits per heavy atom. The molecule has 0 saturated heterocycles. The molecule has 1 saturated carbocycles. The Bertz CT molecular complexity index is 588. The first kappa shape index (κ1) is 14.9. The van der Waals surface area contributed by atoms with Crippen molar-refractivity contribution >= 4 is 28.1 Å². The zero-order valence-corrected chi connectivity index (χ0v) is 13.9. The van der Waals surface area contributed by atoms with Crippen LogP contribution in [0.5, 0.6) is 0 Å². The molecule has 0 unspecified atom stereocenters. The van der Waals surface area contributed by atoms with E-state index in [1.165, 1.54) is 37.0 Å². The lowest BCUT2D eigenvalue weighted by molar-refractivity contribution is 0.425. The number of thiophene rings is 1. The van der Waals surface area contributed by atoms with Gasteiger partial charge in [-0.1, -0.05) is 31.3 Å². The van der Waals surface area contributed by atoms with Crippen molar-refractivity contribution in [3.05, 3.63) is 16.8 Å². The quantitative estimate of drug-likeness (QED) is 0.877. The summed E-state index contributed by atoms with van der Waals surface area (Å²) in [7, 11) is 0. The fourth-order valence-corrected chi connectivity index (χ4v) is 4.67. The summed E-state index contributed by atoms with van der Waals surface area (Å²) in [5.41, 5.74) is 6.92. The number of hydrogen-bond acceptors (Lipinski definition) is 6. The summed E-state index contributed by atoms with van der Waals surface area (Å²) in [6.45, 7) is 2.12. The molecule has 1 fully saturated rings. The van der Waals surface area contributed by atoms with Crippen LogP contribution in [0, 0.1) is 0 Å². The topological polar surface area (TPSA) is 64.9 Å². The van der Waals surface area contributed by atoms with E-state index in [1.807, 2.05) is 11.8 Å². The summed E-state index contributed by atoms with van der Waals surface area (Å²) in [5, 5.41) is 5.62. The molecule has 0 spiro atoms. The van der Waals surface area contributed by atoms with Crippen molar-refractivity contribution < 1.29 is 4.52 Å². The second kappa shape index (κ2) is 6.83. The molecule has 0 radical (unpaired) electrons. The van der Waals surface area contributed by atoms with E-state index in [9.17, 15) is 0 Å². The van der Waals surface area contributed by atoms with Crippen molar-refractivity contribution in [1.29, 1.82) is 0 Å². The van der Waals surface area contributed by atoms with Crippen LogP contribution in [0.25, 0.3) is 11.5 Å². The summed E-state index contributed by atoms with van der Waals surface area (Å²) < 4.78 is 5.38. The van der Waals surface area contributed by atoms with Crippen LogP contribution in [-0.2, 0) is 12.2 Å². The molecule has 0 amide bonds. The number of nitrogens with two attached hydrogens (primary N) is 1. The highest BCUT2D eigenvalue weighted by molar-refractivity contribution is 7.99. The number of anilines is 1. The van der Waals surface area contributed by atoms with E-state index < -0.39 is 0 Å². The number of nitrogens with zero attached hydrogens (tertiary/aromatic N) is 2. The molecule has 3 rings (SSSR count). The van der Waals surface area contributed by atoms with Gasteiger partial charge < -0.3 is 10.3 Å². The first-order valence-corrected chi connectivity index (χ1v) is 9.45. The van der Waals surface area contributed by atoms with Crippen molar-refractivity contribution in [3.8, 4) is 11.5 Å². The average molecular weight is 323 g/mol. The Hall–Kier alpha value is -1.01. The molecule has 0 bridgehead atoms. The summed E-state index contributed by atoms with van der Waals surface area (Å²) in [6.07, 6.45) is 7.74. The molecule has 0 aliphatic heterocycles. The van der Waals surface area contributed by atoms with Crippen LogP contribution >= 0.6 is 23.1 Å². The molecule has 0 aromatic carbocycles. The zero-order chi connectivity index (χ0) is 14.7. The number of rotatable bonds is 5. The third-order valence-corrected chi connectivity index (χ3v) is 6.34. The van der Waals surface area contributed by atoms with Gasteiger partial charge in [0.05, 0.1) is 16.3 Å². The van der Waals surface area contributed by atoms with E-state index in [2.05, 4.69) is 23.1 Å². The highest BCUT2D eigenvalue weighted by Crippen LogP contribution is 2.34. The fourth-order valence-electron chi connectivity index (χ4n) is 2.65. The van der Waals surface area contributed by atoms with E-state index in [-0.39, 0.29) is 0 Å². The third-order valence-electron chi connectivity index (χ3n) is 3.86. The van der Waals surface area contributed by atoms with Crippen LogP contribution in [-0.4, -0.2) is 15.4 Å². The maximum atomic E-state index is 6.03. The maximum Gasteiger partial charge on any atom is 0.260 e. The Morgan fingerprint density at radius 3 is 2.90 bits per heavy atom. The number of hydrogen-bond donors (Lipinski definition) is 1. The second-order valence-electron chi connectivity index (χ2n) is 5.43. The molecule has 2 N–H and O–H groups in total. The monoisotopic (exact) mass is 323 g/mol. The van der Waals surface area contributed by atoms with Crippen molar-refractivity contribution in [1.82, 2.24) is 10.1 Å². The van der Waals surface area contributed by atoms with E-state index in [0.29, 0.717) is 5.89 Å². The smallest absolute Gasteiger partial charge is 0.260 e. The van der Waals surface area contributed by atoms with Gasteiger partial charge in [0.25, 0.3) is 5.89 Å². The van der Waals surface area contributed by atoms with E-state index >= 15 is 0 Å². The number of thioether (sulfide) groups is 1. The largest absolute Gasteiger partial charge is 0.390 e. The summed E-state index contributed by atoms with van der Waals surface area (Å²) in [4.78, 5) is 5.75. The van der Waals surface area contributed by atoms with Gasteiger partial charge in [-0.2, -0.15) is 16.7 Å². The highest BCUT2D eigenvalue weighted by Gasteiger charge is 2.17. The first-order valence-electron chi connectivity index (χ1n) is 7.59. The standard InChI is InChI=1S/C15H21N3OS2/c1-2-10-8-12(14(16)21-10)15-17-13(18-19-15)9-20-11-6-4-3-5-7-11/h8,11H,2-7,9,16H2,1H3. The van der Waals surface area contributed by atoms with Crippen LogP contribution < -0.4 is 5.73 Å². The van der Waals surface area contributed by atoms with Gasteiger partial charge >= 0.3 is 0 Å². The SMILES string of the molecule is CCc1cc(-c2nc(CSC3CCCCC3)no2)c(N)s1. The van der Waals surface area contributed by atoms with Crippen LogP contribution in [0.4, 0.5) is 5.00 Å². The predicted octanol–water partition coefficient (Wildman–Crippen LogP) is 4.51. The molecule has 1 aliphatic rings. The van der Waals surface area contributed by atoms with Gasteiger partial charge in [-0.15, -0.1) is 11.3 Å². The molecule has 4 nitrogen and oxygen atoms in total. The van der Waals surface area contributed by atoms with Crippen LogP contribution in [0.1, 0.15) is 49.7 Å². The molecule has 21 heavy (non-hydrogen) atoms. The molecular weight excluding hydrogens is 302 g/mol. The van der Waals surface area contributed by atoms with E-state index in [4.69, 9.17) is 10.3 Å². The van der Waals surface area contributed by atoms with Gasteiger partial charge in [0.2, 0.25) is 0 Å². The van der Waals surface area contributed by atoms with Gasteiger partial charge in [-0.05, 0) is 25.3 Å². The van der Waals surface area contributed by atoms with Crippen molar-refractivity contribution in [2.45, 2.75) is 56.5 Å². The number of aryl methyl sites for hydroxylation is 1. The van der Waals surface area contributed by atoms with Crippen molar-refractivity contribution in [3.63, 3.8) is 0 Å². The van der Waals surface area contributed by atoms with E-state index in [1.54, 1.807) is 11.3 Å². The lowest BCUT2D eigenvalue weighted by Crippen LogP contribution is -2.08.